The number of fused-ring (bicyclic) bond motifs is 1. The van der Waals surface area contributed by atoms with Crippen LogP contribution in [0.2, 0.25) is 0 Å². The highest BCUT2D eigenvalue weighted by Gasteiger charge is 2.59. The van der Waals surface area contributed by atoms with Gasteiger partial charge in [-0.2, -0.15) is 0 Å². The zero-order valence-electron chi connectivity index (χ0n) is 11.9. The van der Waals surface area contributed by atoms with Gasteiger partial charge < -0.3 is 14.6 Å². The first kappa shape index (κ1) is 16.1. The van der Waals surface area contributed by atoms with E-state index in [4.69, 9.17) is 20.3 Å². The molecule has 1 aromatic carbocycles. The molecule has 1 spiro atoms. The molecule has 3 N–H and O–H groups in total. The number of benzene rings is 1. The average molecular weight is 378 g/mol. The molecule has 2 aliphatic heterocycles. The summed E-state index contributed by atoms with van der Waals surface area (Å²) in [6.45, 7) is -0.779. The lowest BCUT2D eigenvalue weighted by Gasteiger charge is -2.52. The zero-order valence-corrected chi connectivity index (χ0v) is 13.5. The maximum atomic E-state index is 14.3. The van der Waals surface area contributed by atoms with Crippen molar-refractivity contribution in [3.05, 3.63) is 29.8 Å². The minimum Gasteiger partial charge on any atom is -0.481 e. The Hall–Kier alpha value is -0.760. The lowest BCUT2D eigenvalue weighted by Crippen LogP contribution is -2.66. The quantitative estimate of drug-likeness (QED) is 0.614. The summed E-state index contributed by atoms with van der Waals surface area (Å²) in [6, 6.07) is 6.66. The van der Waals surface area contributed by atoms with E-state index in [-0.39, 0.29) is 6.42 Å². The molecule has 4 nitrogen and oxygen atoms in total. The molecule has 1 aromatic rings. The number of hydrogen-bond donors (Lipinski definition) is 2. The van der Waals surface area contributed by atoms with E-state index in [2.05, 4.69) is 15.9 Å². The van der Waals surface area contributed by atoms with Crippen LogP contribution >= 0.6 is 15.9 Å². The van der Waals surface area contributed by atoms with E-state index in [0.717, 1.165) is 0 Å². The topological polar surface area (TPSA) is 64.7 Å². The number of halogens is 3. The summed E-state index contributed by atoms with van der Waals surface area (Å²) in [5, 5.41) is 9.12. The second-order valence-corrected chi connectivity index (χ2v) is 7.09. The number of hydrogen-bond acceptors (Lipinski definition) is 4. The van der Waals surface area contributed by atoms with Gasteiger partial charge in [0.2, 0.25) is 4.63 Å². The molecule has 0 saturated carbocycles. The van der Waals surface area contributed by atoms with Gasteiger partial charge in [-0.05, 0) is 34.8 Å². The SMILES string of the molecule is NC1(Br)OCCC[C@]12C[C@@H](C(F)(F)CO)c1ccccc1O2. The standard InChI is InChI=1S/C15H18BrF2NO3/c16-15(19)13(6-3-7-21-15)8-11(14(17,18)9-20)10-4-1-2-5-12(10)22-13/h1-2,4-5,11,20H,3,6-9,19H2/t11-,13+,15?/m1/s1. The third-order valence-corrected chi connectivity index (χ3v) is 5.46. The summed E-state index contributed by atoms with van der Waals surface area (Å²) in [5.74, 6) is -4.07. The van der Waals surface area contributed by atoms with Crippen molar-refractivity contribution in [3.63, 3.8) is 0 Å². The third kappa shape index (κ3) is 2.44. The summed E-state index contributed by atoms with van der Waals surface area (Å²) < 4.78 is 38.8. The molecule has 1 saturated heterocycles. The van der Waals surface area contributed by atoms with Crippen LogP contribution in [0.15, 0.2) is 24.3 Å². The first-order chi connectivity index (χ1) is 10.3. The molecule has 22 heavy (non-hydrogen) atoms. The molecule has 1 fully saturated rings. The Bertz CT molecular complexity index is 569. The number of rotatable bonds is 2. The number of aliphatic hydroxyl groups is 1. The van der Waals surface area contributed by atoms with Crippen LogP contribution in [0.3, 0.4) is 0 Å². The summed E-state index contributed by atoms with van der Waals surface area (Å²) in [6.07, 6.45) is 1.14. The van der Waals surface area contributed by atoms with Crippen molar-refractivity contribution in [3.8, 4) is 5.75 Å². The Balaban J connectivity index is 2.09. The largest absolute Gasteiger partial charge is 0.481 e. The fraction of sp³-hybridized carbons (Fsp3) is 0.600. The highest BCUT2D eigenvalue weighted by atomic mass is 79.9. The van der Waals surface area contributed by atoms with Gasteiger partial charge in [-0.15, -0.1) is 0 Å². The predicted molar refractivity (Wildman–Crippen MR) is 80.2 cm³/mol. The van der Waals surface area contributed by atoms with E-state index in [1.807, 2.05) is 0 Å². The number of aliphatic hydroxyl groups excluding tert-OH is 1. The van der Waals surface area contributed by atoms with Gasteiger partial charge in [-0.3, -0.25) is 5.73 Å². The number of nitrogens with two attached hydrogens (primary N) is 1. The molecule has 2 heterocycles. The maximum absolute atomic E-state index is 14.3. The van der Waals surface area contributed by atoms with Gasteiger partial charge in [0.15, 0.2) is 5.60 Å². The van der Waals surface area contributed by atoms with Gasteiger partial charge in [0, 0.05) is 12.0 Å². The molecule has 2 aliphatic rings. The van der Waals surface area contributed by atoms with Crippen LogP contribution in [0.1, 0.15) is 30.7 Å². The summed E-state index contributed by atoms with van der Waals surface area (Å²) in [4.78, 5) is 0. The molecular formula is C15H18BrF2NO3. The van der Waals surface area contributed by atoms with Gasteiger partial charge in [0.25, 0.3) is 5.92 Å². The molecule has 0 aliphatic carbocycles. The van der Waals surface area contributed by atoms with Crippen molar-refractivity contribution in [1.82, 2.24) is 0 Å². The molecular weight excluding hydrogens is 360 g/mol. The van der Waals surface area contributed by atoms with Crippen molar-refractivity contribution in [1.29, 1.82) is 0 Å². The lowest BCUT2D eigenvalue weighted by molar-refractivity contribution is -0.174. The monoisotopic (exact) mass is 377 g/mol. The molecule has 0 bridgehead atoms. The first-order valence-corrected chi connectivity index (χ1v) is 7.99. The highest BCUT2D eigenvalue weighted by Crippen LogP contribution is 2.54. The highest BCUT2D eigenvalue weighted by molar-refractivity contribution is 9.10. The van der Waals surface area contributed by atoms with Crippen molar-refractivity contribution >= 4 is 15.9 Å². The zero-order chi connectivity index (χ0) is 16.0. The van der Waals surface area contributed by atoms with Crippen molar-refractivity contribution < 1.29 is 23.4 Å². The van der Waals surface area contributed by atoms with Crippen LogP contribution < -0.4 is 10.5 Å². The third-order valence-electron chi connectivity index (χ3n) is 4.51. The van der Waals surface area contributed by atoms with Crippen molar-refractivity contribution in [2.45, 2.75) is 41.3 Å². The van der Waals surface area contributed by atoms with Crippen LogP contribution in [-0.4, -0.2) is 34.5 Å². The van der Waals surface area contributed by atoms with Crippen LogP contribution in [-0.2, 0) is 4.74 Å². The van der Waals surface area contributed by atoms with Crippen LogP contribution in [0.25, 0.3) is 0 Å². The fourth-order valence-corrected chi connectivity index (χ4v) is 3.89. The van der Waals surface area contributed by atoms with Gasteiger partial charge >= 0.3 is 0 Å². The molecule has 122 valence electrons. The van der Waals surface area contributed by atoms with Crippen LogP contribution in [0.5, 0.6) is 5.75 Å². The second kappa shape index (κ2) is 5.40. The Kier molecular flexibility index (Phi) is 3.96. The van der Waals surface area contributed by atoms with E-state index in [9.17, 15) is 8.78 Å². The van der Waals surface area contributed by atoms with Gasteiger partial charge in [-0.25, -0.2) is 8.78 Å². The molecule has 7 heteroatoms. The molecule has 1 unspecified atom stereocenters. The van der Waals surface area contributed by atoms with Crippen LogP contribution in [0.4, 0.5) is 8.78 Å². The van der Waals surface area contributed by atoms with E-state index in [1.54, 1.807) is 24.3 Å². The van der Waals surface area contributed by atoms with E-state index >= 15 is 0 Å². The summed E-state index contributed by atoms with van der Waals surface area (Å²) in [5.41, 5.74) is 5.45. The van der Waals surface area contributed by atoms with Gasteiger partial charge in [0.1, 0.15) is 12.4 Å². The molecule has 3 rings (SSSR count). The lowest BCUT2D eigenvalue weighted by atomic mass is 9.75. The minimum atomic E-state index is -3.26. The smallest absolute Gasteiger partial charge is 0.277 e. The Morgan fingerprint density at radius 1 is 1.41 bits per heavy atom. The van der Waals surface area contributed by atoms with E-state index in [0.29, 0.717) is 30.8 Å². The average Bonchev–Trinajstić information content (AvgIpc) is 2.49. The van der Waals surface area contributed by atoms with E-state index in [1.165, 1.54) is 0 Å². The minimum absolute atomic E-state index is 0.0284. The van der Waals surface area contributed by atoms with Crippen molar-refractivity contribution in [2.24, 2.45) is 5.73 Å². The number of ether oxygens (including phenoxy) is 2. The maximum Gasteiger partial charge on any atom is 0.277 e. The number of alkyl halides is 3. The Labute approximate surface area is 135 Å². The first-order valence-electron chi connectivity index (χ1n) is 7.20. The molecule has 3 atom stereocenters. The van der Waals surface area contributed by atoms with Crippen molar-refractivity contribution in [2.75, 3.05) is 13.2 Å². The van der Waals surface area contributed by atoms with Crippen LogP contribution in [0, 0.1) is 0 Å². The second-order valence-electron chi connectivity index (χ2n) is 5.91. The van der Waals surface area contributed by atoms with E-state index < -0.39 is 28.7 Å². The summed E-state index contributed by atoms with van der Waals surface area (Å²) >= 11 is 3.30. The fourth-order valence-electron chi connectivity index (χ4n) is 3.28. The van der Waals surface area contributed by atoms with Gasteiger partial charge in [0.05, 0.1) is 12.5 Å². The van der Waals surface area contributed by atoms with Gasteiger partial charge in [-0.1, -0.05) is 18.2 Å². The Morgan fingerprint density at radius 2 is 2.14 bits per heavy atom. The molecule has 0 amide bonds. The number of para-hydroxylation sites is 1. The summed E-state index contributed by atoms with van der Waals surface area (Å²) in [7, 11) is 0. The molecule has 0 aromatic heterocycles. The molecule has 0 radical (unpaired) electrons. The Morgan fingerprint density at radius 3 is 2.82 bits per heavy atom. The normalized spacial score (nSPS) is 35.0. The predicted octanol–water partition coefficient (Wildman–Crippen LogP) is 2.74.